The van der Waals surface area contributed by atoms with E-state index in [4.69, 9.17) is 5.73 Å². The van der Waals surface area contributed by atoms with Crippen molar-refractivity contribution >= 4 is 17.8 Å². The third-order valence-electron chi connectivity index (χ3n) is 8.96. The topological polar surface area (TPSA) is 129 Å². The summed E-state index contributed by atoms with van der Waals surface area (Å²) in [5.74, 6) is 2.63. The average molecular weight is 565 g/mol. The summed E-state index contributed by atoms with van der Waals surface area (Å²) in [4.78, 5) is 48.0. The Bertz CT molecular complexity index is 1280. The molecule has 222 valence electrons. The van der Waals surface area contributed by atoms with Gasteiger partial charge in [-0.15, -0.1) is 0 Å². The summed E-state index contributed by atoms with van der Waals surface area (Å²) in [6, 6.07) is 9.91. The number of benzene rings is 1. The van der Waals surface area contributed by atoms with Crippen LogP contribution in [0.25, 0.3) is 5.69 Å². The highest BCUT2D eigenvalue weighted by Crippen LogP contribution is 2.51. The summed E-state index contributed by atoms with van der Waals surface area (Å²) in [6.07, 6.45) is 3.75. The van der Waals surface area contributed by atoms with Crippen molar-refractivity contribution in [1.29, 1.82) is 0 Å². The van der Waals surface area contributed by atoms with Crippen LogP contribution >= 0.6 is 0 Å². The first-order valence-corrected chi connectivity index (χ1v) is 14.8. The molecule has 1 unspecified atom stereocenters. The molecular formula is C30H44N8O3. The SMILES string of the molecule is CCC(Cc1ccc(-n2ccc(NC(=O)N3CCN(C(=O)C(C)(C)N)CC3)nc2=O)cc1)N1C[C@@H]2[C@@H](CNC)[C@@H]2C1. The number of aromatic nitrogens is 2. The lowest BCUT2D eigenvalue weighted by atomic mass is 10.0. The number of hydrogen-bond acceptors (Lipinski definition) is 7. The van der Waals surface area contributed by atoms with Crippen LogP contribution in [0.3, 0.4) is 0 Å². The highest BCUT2D eigenvalue weighted by molar-refractivity contribution is 5.89. The molecule has 1 aliphatic carbocycles. The van der Waals surface area contributed by atoms with Gasteiger partial charge in [0.05, 0.1) is 11.2 Å². The zero-order valence-corrected chi connectivity index (χ0v) is 24.7. The van der Waals surface area contributed by atoms with Gasteiger partial charge in [0.25, 0.3) is 0 Å². The van der Waals surface area contributed by atoms with Gasteiger partial charge in [-0.25, -0.2) is 9.59 Å². The van der Waals surface area contributed by atoms with E-state index in [0.29, 0.717) is 32.2 Å². The standard InChI is InChI=1S/C30H44N8O3/c1-5-21(37-18-24-23(17-32-4)25(24)19-37)16-20-6-8-22(9-7-20)38-11-10-26(34-29(38)41)33-28(40)36-14-12-35(13-15-36)27(39)30(2,3)31/h6-11,21,23-25,32H,5,12-19,31H2,1-4H3,(H,33,34,40,41)/t21?,23-,24-,25+. The lowest BCUT2D eigenvalue weighted by molar-refractivity contribution is -0.137. The van der Waals surface area contributed by atoms with E-state index in [1.165, 1.54) is 23.2 Å². The number of nitrogens with zero attached hydrogens (tertiary/aromatic N) is 5. The van der Waals surface area contributed by atoms with Crippen LogP contribution in [0.15, 0.2) is 41.3 Å². The minimum absolute atomic E-state index is 0.137. The van der Waals surface area contributed by atoms with Gasteiger partial charge in [0, 0.05) is 51.5 Å². The molecule has 0 bridgehead atoms. The van der Waals surface area contributed by atoms with E-state index in [1.54, 1.807) is 35.9 Å². The second-order valence-electron chi connectivity index (χ2n) is 12.3. The number of nitrogens with one attached hydrogen (secondary N) is 2. The van der Waals surface area contributed by atoms with Gasteiger partial charge < -0.3 is 20.9 Å². The van der Waals surface area contributed by atoms with Gasteiger partial charge in [-0.2, -0.15) is 4.98 Å². The molecule has 11 heteroatoms. The molecule has 0 spiro atoms. The number of nitrogens with two attached hydrogens (primary N) is 1. The fourth-order valence-electron chi connectivity index (χ4n) is 6.49. The fourth-order valence-corrected chi connectivity index (χ4v) is 6.49. The molecular weight excluding hydrogens is 520 g/mol. The molecule has 3 heterocycles. The number of piperidine rings is 1. The van der Waals surface area contributed by atoms with E-state index in [0.717, 1.165) is 42.8 Å². The highest BCUT2D eigenvalue weighted by atomic mass is 16.2. The molecule has 2 saturated heterocycles. The van der Waals surface area contributed by atoms with Gasteiger partial charge in [0.15, 0.2) is 0 Å². The van der Waals surface area contributed by atoms with Crippen molar-refractivity contribution in [2.45, 2.75) is 45.2 Å². The van der Waals surface area contributed by atoms with Crippen LogP contribution in [0, 0.1) is 17.8 Å². The first-order valence-electron chi connectivity index (χ1n) is 14.8. The maximum Gasteiger partial charge on any atom is 0.354 e. The van der Waals surface area contributed by atoms with Crippen molar-refractivity contribution in [3.8, 4) is 5.69 Å². The Balaban J connectivity index is 1.14. The predicted molar refractivity (Wildman–Crippen MR) is 159 cm³/mol. The molecule has 3 amide bonds. The Hall–Kier alpha value is -3.28. The van der Waals surface area contributed by atoms with Crippen molar-refractivity contribution in [3.05, 3.63) is 52.6 Å². The van der Waals surface area contributed by atoms with Crippen LogP contribution in [0.1, 0.15) is 32.8 Å². The number of urea groups is 1. The smallest absolute Gasteiger partial charge is 0.338 e. The molecule has 2 aromatic rings. The van der Waals surface area contributed by atoms with Crippen LogP contribution in [0.2, 0.25) is 0 Å². The van der Waals surface area contributed by atoms with Gasteiger partial charge in [-0.05, 0) is 81.8 Å². The molecule has 2 aliphatic heterocycles. The van der Waals surface area contributed by atoms with E-state index in [-0.39, 0.29) is 17.8 Å². The van der Waals surface area contributed by atoms with Crippen LogP contribution in [-0.2, 0) is 11.2 Å². The molecule has 4 N–H and O–H groups in total. The minimum Gasteiger partial charge on any atom is -0.338 e. The number of carbonyl (C=O) groups excluding carboxylic acids is 2. The number of hydrogen-bond donors (Lipinski definition) is 3. The summed E-state index contributed by atoms with van der Waals surface area (Å²) in [5, 5.41) is 6.04. The molecule has 4 atom stereocenters. The third kappa shape index (κ3) is 6.47. The second kappa shape index (κ2) is 11.9. The number of anilines is 1. The van der Waals surface area contributed by atoms with Gasteiger partial charge in [0.2, 0.25) is 5.91 Å². The van der Waals surface area contributed by atoms with E-state index in [9.17, 15) is 14.4 Å². The second-order valence-corrected chi connectivity index (χ2v) is 12.3. The summed E-state index contributed by atoms with van der Waals surface area (Å²) >= 11 is 0. The molecule has 3 fully saturated rings. The van der Waals surface area contributed by atoms with Crippen molar-refractivity contribution in [2.24, 2.45) is 23.5 Å². The first kappa shape index (κ1) is 29.2. The van der Waals surface area contributed by atoms with E-state index >= 15 is 0 Å². The Kier molecular flexibility index (Phi) is 8.49. The lowest BCUT2D eigenvalue weighted by Crippen LogP contribution is -2.58. The molecule has 1 saturated carbocycles. The van der Waals surface area contributed by atoms with E-state index in [1.807, 2.05) is 19.2 Å². The molecule has 5 rings (SSSR count). The van der Waals surface area contributed by atoms with E-state index < -0.39 is 11.2 Å². The summed E-state index contributed by atoms with van der Waals surface area (Å²) < 4.78 is 1.48. The van der Waals surface area contributed by atoms with Crippen LogP contribution in [0.4, 0.5) is 10.6 Å². The third-order valence-corrected chi connectivity index (χ3v) is 8.96. The Morgan fingerprint density at radius 2 is 1.68 bits per heavy atom. The Morgan fingerprint density at radius 1 is 1.05 bits per heavy atom. The summed E-state index contributed by atoms with van der Waals surface area (Å²) in [5.41, 5.74) is 6.51. The zero-order valence-electron chi connectivity index (χ0n) is 24.7. The van der Waals surface area contributed by atoms with Gasteiger partial charge in [0.1, 0.15) is 5.82 Å². The van der Waals surface area contributed by atoms with Crippen LogP contribution < -0.4 is 22.1 Å². The molecule has 41 heavy (non-hydrogen) atoms. The number of rotatable bonds is 9. The normalized spacial score (nSPS) is 23.3. The number of likely N-dealkylation sites (tertiary alicyclic amines) is 1. The Labute approximate surface area is 242 Å². The van der Waals surface area contributed by atoms with Crippen molar-refractivity contribution < 1.29 is 9.59 Å². The van der Waals surface area contributed by atoms with Crippen molar-refractivity contribution in [3.63, 3.8) is 0 Å². The maximum atomic E-state index is 12.8. The lowest BCUT2D eigenvalue weighted by Gasteiger charge is -2.37. The van der Waals surface area contributed by atoms with Crippen molar-refractivity contribution in [1.82, 2.24) is 29.6 Å². The van der Waals surface area contributed by atoms with Gasteiger partial charge in [-0.3, -0.25) is 19.6 Å². The fraction of sp³-hybridized carbons (Fsp3) is 0.600. The number of fused-ring (bicyclic) bond motifs is 1. The molecule has 3 aliphatic rings. The van der Waals surface area contributed by atoms with Crippen LogP contribution in [-0.4, -0.2) is 101 Å². The summed E-state index contributed by atoms with van der Waals surface area (Å²) in [6.45, 7) is 10.8. The minimum atomic E-state index is -0.944. The molecule has 1 aromatic carbocycles. The summed E-state index contributed by atoms with van der Waals surface area (Å²) in [7, 11) is 2.04. The van der Waals surface area contributed by atoms with E-state index in [2.05, 4.69) is 39.6 Å². The number of amides is 3. The predicted octanol–water partition coefficient (Wildman–Crippen LogP) is 1.36. The van der Waals surface area contributed by atoms with Gasteiger partial charge in [-0.1, -0.05) is 19.1 Å². The molecule has 1 aromatic heterocycles. The molecule has 0 radical (unpaired) electrons. The average Bonchev–Trinajstić information content (AvgIpc) is 3.38. The molecule has 11 nitrogen and oxygen atoms in total. The van der Waals surface area contributed by atoms with Gasteiger partial charge >= 0.3 is 11.7 Å². The zero-order chi connectivity index (χ0) is 29.3. The van der Waals surface area contributed by atoms with Crippen molar-refractivity contribution in [2.75, 3.05) is 58.2 Å². The maximum absolute atomic E-state index is 12.8. The number of carbonyl (C=O) groups is 2. The largest absolute Gasteiger partial charge is 0.354 e. The number of piperazine rings is 1. The highest BCUT2D eigenvalue weighted by Gasteiger charge is 2.55. The quantitative estimate of drug-likeness (QED) is 0.420. The monoisotopic (exact) mass is 564 g/mol. The van der Waals surface area contributed by atoms with Crippen LogP contribution in [0.5, 0.6) is 0 Å². The first-order chi connectivity index (χ1) is 19.6. The Morgan fingerprint density at radius 3 is 2.24 bits per heavy atom.